The summed E-state index contributed by atoms with van der Waals surface area (Å²) >= 11 is 0. The number of amides is 1. The van der Waals surface area contributed by atoms with Crippen LogP contribution in [0.1, 0.15) is 44.9 Å². The number of carbonyl (C=O) groups excluding carboxylic acids is 1. The first-order valence-electron chi connectivity index (χ1n) is 8.30. The summed E-state index contributed by atoms with van der Waals surface area (Å²) in [6.45, 7) is 1.78. The summed E-state index contributed by atoms with van der Waals surface area (Å²) in [6, 6.07) is 0.755. The Balaban J connectivity index is 1.23. The van der Waals surface area contributed by atoms with Crippen molar-refractivity contribution in [2.75, 3.05) is 13.1 Å². The van der Waals surface area contributed by atoms with E-state index in [0.717, 1.165) is 55.6 Å². The van der Waals surface area contributed by atoms with Crippen molar-refractivity contribution in [3.63, 3.8) is 0 Å². The zero-order chi connectivity index (χ0) is 12.8. The van der Waals surface area contributed by atoms with Gasteiger partial charge < -0.3 is 10.6 Å². The fourth-order valence-electron chi connectivity index (χ4n) is 5.17. The monoisotopic (exact) mass is 262 g/mol. The first kappa shape index (κ1) is 12.2. The largest absolute Gasteiger partial charge is 0.355 e. The average molecular weight is 262 g/mol. The molecule has 0 radical (unpaired) electrons. The van der Waals surface area contributed by atoms with Crippen molar-refractivity contribution in [1.82, 2.24) is 10.6 Å². The molecule has 0 aromatic heterocycles. The lowest BCUT2D eigenvalue weighted by molar-refractivity contribution is -0.122. The predicted molar refractivity (Wildman–Crippen MR) is 74.6 cm³/mol. The molecule has 0 spiro atoms. The van der Waals surface area contributed by atoms with E-state index in [1.807, 2.05) is 0 Å². The fourth-order valence-corrected chi connectivity index (χ4v) is 5.17. The van der Waals surface area contributed by atoms with Crippen molar-refractivity contribution >= 4 is 5.91 Å². The van der Waals surface area contributed by atoms with Crippen LogP contribution in [0.5, 0.6) is 0 Å². The second kappa shape index (κ2) is 4.76. The van der Waals surface area contributed by atoms with Crippen molar-refractivity contribution in [2.24, 2.45) is 29.6 Å². The highest BCUT2D eigenvalue weighted by Crippen LogP contribution is 2.53. The molecule has 5 saturated carbocycles. The topological polar surface area (TPSA) is 41.1 Å². The van der Waals surface area contributed by atoms with Gasteiger partial charge in [-0.25, -0.2) is 0 Å². The molecule has 3 nitrogen and oxygen atoms in total. The lowest BCUT2D eigenvalue weighted by Crippen LogP contribution is -2.55. The van der Waals surface area contributed by atoms with E-state index in [0.29, 0.717) is 5.92 Å². The number of rotatable bonds is 5. The van der Waals surface area contributed by atoms with Crippen LogP contribution in [0.25, 0.3) is 0 Å². The average Bonchev–Trinajstić information content (AvgIpc) is 3.20. The van der Waals surface area contributed by atoms with Gasteiger partial charge in [-0.05, 0) is 68.6 Å². The van der Waals surface area contributed by atoms with Gasteiger partial charge in [0.15, 0.2) is 0 Å². The number of carbonyl (C=O) groups is 1. The third-order valence-corrected chi connectivity index (χ3v) is 5.98. The van der Waals surface area contributed by atoms with Crippen LogP contribution in [0.4, 0.5) is 0 Å². The molecule has 0 atom stereocenters. The van der Waals surface area contributed by atoms with Crippen LogP contribution >= 0.6 is 0 Å². The molecule has 5 aliphatic rings. The van der Waals surface area contributed by atoms with Gasteiger partial charge in [-0.1, -0.05) is 0 Å². The van der Waals surface area contributed by atoms with Gasteiger partial charge in [0.05, 0.1) is 0 Å². The molecule has 0 aromatic rings. The van der Waals surface area contributed by atoms with E-state index in [4.69, 9.17) is 0 Å². The van der Waals surface area contributed by atoms with Gasteiger partial charge in [-0.3, -0.25) is 4.79 Å². The molecule has 0 heterocycles. The number of hydrogen-bond donors (Lipinski definition) is 2. The molecule has 2 N–H and O–H groups in total. The van der Waals surface area contributed by atoms with Crippen LogP contribution < -0.4 is 10.6 Å². The standard InChI is InChI=1S/C16H26N2O/c19-16(12-1-2-12)18-4-3-17-15-13-6-10-5-11(8-13)9-14(15)7-10/h10-15,17H,1-9H2,(H,18,19). The highest BCUT2D eigenvalue weighted by atomic mass is 16.2. The zero-order valence-corrected chi connectivity index (χ0v) is 11.7. The van der Waals surface area contributed by atoms with Crippen molar-refractivity contribution in [1.29, 1.82) is 0 Å². The van der Waals surface area contributed by atoms with Gasteiger partial charge in [-0.2, -0.15) is 0 Å². The van der Waals surface area contributed by atoms with Crippen LogP contribution in [-0.2, 0) is 4.79 Å². The Bertz CT molecular complexity index is 336. The highest BCUT2D eigenvalue weighted by molar-refractivity contribution is 5.80. The quantitative estimate of drug-likeness (QED) is 0.743. The summed E-state index contributed by atoms with van der Waals surface area (Å²) in [7, 11) is 0. The first-order chi connectivity index (χ1) is 9.29. The van der Waals surface area contributed by atoms with Crippen molar-refractivity contribution < 1.29 is 4.79 Å². The van der Waals surface area contributed by atoms with E-state index in [-0.39, 0.29) is 5.91 Å². The molecule has 1 amide bonds. The van der Waals surface area contributed by atoms with Crippen molar-refractivity contribution in [2.45, 2.75) is 51.0 Å². The van der Waals surface area contributed by atoms with Gasteiger partial charge in [0.25, 0.3) is 0 Å². The van der Waals surface area contributed by atoms with E-state index >= 15 is 0 Å². The Kier molecular flexibility index (Phi) is 3.06. The maximum absolute atomic E-state index is 11.6. The molecule has 19 heavy (non-hydrogen) atoms. The molecule has 0 saturated heterocycles. The van der Waals surface area contributed by atoms with E-state index < -0.39 is 0 Å². The molecule has 0 aromatic carbocycles. The molecule has 4 bridgehead atoms. The third-order valence-electron chi connectivity index (χ3n) is 5.98. The van der Waals surface area contributed by atoms with Crippen LogP contribution in [0.2, 0.25) is 0 Å². The van der Waals surface area contributed by atoms with Gasteiger partial charge in [0.2, 0.25) is 5.91 Å². The third kappa shape index (κ3) is 2.42. The zero-order valence-electron chi connectivity index (χ0n) is 11.7. The van der Waals surface area contributed by atoms with Crippen LogP contribution in [-0.4, -0.2) is 25.0 Å². The van der Waals surface area contributed by atoms with Gasteiger partial charge >= 0.3 is 0 Å². The fraction of sp³-hybridized carbons (Fsp3) is 0.938. The van der Waals surface area contributed by atoms with Crippen LogP contribution in [0.3, 0.4) is 0 Å². The first-order valence-corrected chi connectivity index (χ1v) is 8.30. The molecule has 5 aliphatic carbocycles. The van der Waals surface area contributed by atoms with Gasteiger partial charge in [0.1, 0.15) is 0 Å². The Morgan fingerprint density at radius 1 is 0.895 bits per heavy atom. The molecule has 0 aliphatic heterocycles. The van der Waals surface area contributed by atoms with E-state index in [1.54, 1.807) is 0 Å². The Morgan fingerprint density at radius 3 is 2.11 bits per heavy atom. The number of hydrogen-bond acceptors (Lipinski definition) is 2. The minimum absolute atomic E-state index is 0.284. The van der Waals surface area contributed by atoms with E-state index in [9.17, 15) is 4.79 Å². The van der Waals surface area contributed by atoms with Crippen LogP contribution in [0.15, 0.2) is 0 Å². The molecule has 3 heteroatoms. The van der Waals surface area contributed by atoms with Gasteiger partial charge in [-0.15, -0.1) is 0 Å². The molecule has 5 fully saturated rings. The van der Waals surface area contributed by atoms with E-state index in [2.05, 4.69) is 10.6 Å². The molecule has 5 rings (SSSR count). The predicted octanol–water partition coefficient (Wildman–Crippen LogP) is 1.93. The molecular weight excluding hydrogens is 236 g/mol. The summed E-state index contributed by atoms with van der Waals surface area (Å²) in [4.78, 5) is 11.6. The van der Waals surface area contributed by atoms with Crippen molar-refractivity contribution in [3.8, 4) is 0 Å². The van der Waals surface area contributed by atoms with E-state index in [1.165, 1.54) is 32.1 Å². The molecule has 0 unspecified atom stereocenters. The summed E-state index contributed by atoms with van der Waals surface area (Å²) in [5.74, 6) is 4.61. The molecular formula is C16H26N2O. The Morgan fingerprint density at radius 2 is 1.53 bits per heavy atom. The smallest absolute Gasteiger partial charge is 0.223 e. The lowest BCUT2D eigenvalue weighted by atomic mass is 9.54. The normalized spacial score (nSPS) is 43.5. The minimum Gasteiger partial charge on any atom is -0.355 e. The summed E-state index contributed by atoms with van der Waals surface area (Å²) in [6.07, 6.45) is 9.62. The lowest BCUT2D eigenvalue weighted by Gasteiger charge is -2.54. The summed E-state index contributed by atoms with van der Waals surface area (Å²) in [5.41, 5.74) is 0. The Hall–Kier alpha value is -0.570. The van der Waals surface area contributed by atoms with Crippen LogP contribution in [0, 0.1) is 29.6 Å². The molecule has 106 valence electrons. The van der Waals surface area contributed by atoms with Crippen molar-refractivity contribution in [3.05, 3.63) is 0 Å². The maximum atomic E-state index is 11.6. The van der Waals surface area contributed by atoms with Gasteiger partial charge in [0, 0.05) is 25.0 Å². The second-order valence-corrected chi connectivity index (χ2v) is 7.48. The second-order valence-electron chi connectivity index (χ2n) is 7.48. The number of nitrogens with one attached hydrogen (secondary N) is 2. The summed E-state index contributed by atoms with van der Waals surface area (Å²) < 4.78 is 0. The summed E-state index contributed by atoms with van der Waals surface area (Å²) in [5, 5.41) is 6.83. The highest BCUT2D eigenvalue weighted by Gasteiger charge is 2.47. The SMILES string of the molecule is O=C(NCCNC1C2CC3CC(C2)CC1C3)C1CC1. The maximum Gasteiger partial charge on any atom is 0.223 e. The minimum atomic E-state index is 0.284. The Labute approximate surface area is 115 Å².